The second-order valence-electron chi connectivity index (χ2n) is 4.64. The molecule has 2 heteroatoms. The van der Waals surface area contributed by atoms with E-state index in [2.05, 4.69) is 55.2 Å². The monoisotopic (exact) mass is 235 g/mol. The molecule has 16 heavy (non-hydrogen) atoms. The van der Waals surface area contributed by atoms with Gasteiger partial charge in [-0.15, -0.1) is 0 Å². The van der Waals surface area contributed by atoms with E-state index in [0.29, 0.717) is 12.0 Å². The number of nitrogens with one attached hydrogen (secondary N) is 1. The van der Waals surface area contributed by atoms with Crippen LogP contribution in [0.2, 0.25) is 0 Å². The Kier molecular flexibility index (Phi) is 4.16. The van der Waals surface area contributed by atoms with Crippen LogP contribution in [0.3, 0.4) is 0 Å². The van der Waals surface area contributed by atoms with Crippen LogP contribution < -0.4 is 5.32 Å². The summed E-state index contributed by atoms with van der Waals surface area (Å²) in [6.45, 7) is 4.53. The minimum absolute atomic E-state index is 0.677. The Bertz CT molecular complexity index is 314. The van der Waals surface area contributed by atoms with Crippen molar-refractivity contribution in [3.63, 3.8) is 0 Å². The Balaban J connectivity index is 1.96. The normalized spacial score (nSPS) is 22.0. The molecule has 1 fully saturated rings. The molecule has 0 aliphatic carbocycles. The lowest BCUT2D eigenvalue weighted by Crippen LogP contribution is -2.17. The van der Waals surface area contributed by atoms with Crippen molar-refractivity contribution in [1.82, 2.24) is 0 Å². The summed E-state index contributed by atoms with van der Waals surface area (Å²) in [5.74, 6) is 3.24. The number of anilines is 1. The van der Waals surface area contributed by atoms with Gasteiger partial charge < -0.3 is 5.32 Å². The van der Waals surface area contributed by atoms with Gasteiger partial charge >= 0.3 is 0 Å². The first-order valence-electron chi connectivity index (χ1n) is 6.24. The second-order valence-corrected chi connectivity index (χ2v) is 5.79. The predicted molar refractivity (Wildman–Crippen MR) is 74.5 cm³/mol. The molecule has 1 aromatic rings. The highest BCUT2D eigenvalue weighted by molar-refractivity contribution is 7.99. The molecule has 0 spiro atoms. The number of rotatable bonds is 4. The Hall–Kier alpha value is -0.630. The summed E-state index contributed by atoms with van der Waals surface area (Å²) in [4.78, 5) is 0. The van der Waals surface area contributed by atoms with E-state index >= 15 is 0 Å². The lowest BCUT2D eigenvalue weighted by molar-refractivity contribution is 0.733. The third-order valence-electron chi connectivity index (χ3n) is 3.39. The minimum atomic E-state index is 0.677. The van der Waals surface area contributed by atoms with E-state index in [0.717, 1.165) is 0 Å². The fourth-order valence-corrected chi connectivity index (χ4v) is 3.18. The summed E-state index contributed by atoms with van der Waals surface area (Å²) >= 11 is 2.05. The van der Waals surface area contributed by atoms with Crippen LogP contribution in [0.4, 0.5) is 5.69 Å². The molecule has 1 heterocycles. The van der Waals surface area contributed by atoms with Crippen LogP contribution in [-0.4, -0.2) is 17.5 Å². The quantitative estimate of drug-likeness (QED) is 0.842. The highest BCUT2D eigenvalue weighted by atomic mass is 32.2. The number of hydrogen-bond acceptors (Lipinski definition) is 2. The van der Waals surface area contributed by atoms with Crippen molar-refractivity contribution in [2.75, 3.05) is 16.8 Å². The first-order chi connectivity index (χ1) is 7.79. The van der Waals surface area contributed by atoms with E-state index < -0.39 is 0 Å². The molecule has 0 radical (unpaired) electrons. The van der Waals surface area contributed by atoms with Gasteiger partial charge in [0.25, 0.3) is 0 Å². The van der Waals surface area contributed by atoms with Crippen LogP contribution in [0.1, 0.15) is 38.2 Å². The molecule has 1 saturated heterocycles. The Labute approximate surface area is 103 Å². The van der Waals surface area contributed by atoms with Crippen molar-refractivity contribution in [3.05, 3.63) is 29.8 Å². The first kappa shape index (κ1) is 11.8. The molecule has 0 amide bonds. The number of hydrogen-bond donors (Lipinski definition) is 1. The zero-order chi connectivity index (χ0) is 11.4. The fourth-order valence-electron chi connectivity index (χ4n) is 2.03. The smallest absolute Gasteiger partial charge is 0.0359 e. The van der Waals surface area contributed by atoms with Crippen LogP contribution in [-0.2, 0) is 0 Å². The molecular weight excluding hydrogens is 214 g/mol. The van der Waals surface area contributed by atoms with Gasteiger partial charge in [-0.25, -0.2) is 0 Å². The maximum atomic E-state index is 3.60. The minimum Gasteiger partial charge on any atom is -0.381 e. The summed E-state index contributed by atoms with van der Waals surface area (Å²) in [7, 11) is 0. The summed E-state index contributed by atoms with van der Waals surface area (Å²) in [5, 5.41) is 3.60. The van der Waals surface area contributed by atoms with Crippen molar-refractivity contribution in [1.29, 1.82) is 0 Å². The van der Waals surface area contributed by atoms with E-state index in [4.69, 9.17) is 0 Å². The summed E-state index contributed by atoms with van der Waals surface area (Å²) in [5.41, 5.74) is 2.73. The maximum absolute atomic E-state index is 3.60. The lowest BCUT2D eigenvalue weighted by atomic mass is 9.98. The third-order valence-corrected chi connectivity index (χ3v) is 4.56. The largest absolute Gasteiger partial charge is 0.381 e. The molecule has 2 rings (SSSR count). The number of thioether (sulfide) groups is 1. The summed E-state index contributed by atoms with van der Waals surface area (Å²) in [6, 6.07) is 9.66. The average molecular weight is 235 g/mol. The molecule has 1 aromatic carbocycles. The predicted octanol–water partition coefficient (Wildman–Crippen LogP) is 4.12. The molecule has 2 atom stereocenters. The van der Waals surface area contributed by atoms with Gasteiger partial charge in [-0.3, -0.25) is 0 Å². The second kappa shape index (κ2) is 5.62. The van der Waals surface area contributed by atoms with Crippen LogP contribution >= 0.6 is 11.8 Å². The molecule has 0 bridgehead atoms. The molecule has 0 saturated carbocycles. The molecular formula is C14H21NS. The van der Waals surface area contributed by atoms with Gasteiger partial charge in [0.2, 0.25) is 0 Å². The standard InChI is InChI=1S/C14H21NS/c1-3-11(2)12-4-6-13(7-5-12)15-14-8-9-16-10-14/h4-7,11,14-15H,3,8-10H2,1-2H3. The van der Waals surface area contributed by atoms with Crippen molar-refractivity contribution in [3.8, 4) is 0 Å². The molecule has 1 aliphatic rings. The van der Waals surface area contributed by atoms with Gasteiger partial charge in [-0.1, -0.05) is 26.0 Å². The molecule has 88 valence electrons. The van der Waals surface area contributed by atoms with E-state index in [1.807, 2.05) is 0 Å². The van der Waals surface area contributed by atoms with Crippen LogP contribution in [0.25, 0.3) is 0 Å². The van der Waals surface area contributed by atoms with Crippen molar-refractivity contribution < 1.29 is 0 Å². The summed E-state index contributed by atoms with van der Waals surface area (Å²) < 4.78 is 0. The topological polar surface area (TPSA) is 12.0 Å². The molecule has 2 unspecified atom stereocenters. The van der Waals surface area contributed by atoms with Gasteiger partial charge in [0, 0.05) is 17.5 Å². The van der Waals surface area contributed by atoms with Crippen LogP contribution in [0, 0.1) is 0 Å². The number of benzene rings is 1. The van der Waals surface area contributed by atoms with Gasteiger partial charge in [0.15, 0.2) is 0 Å². The van der Waals surface area contributed by atoms with Gasteiger partial charge in [-0.05, 0) is 42.2 Å². The van der Waals surface area contributed by atoms with Crippen LogP contribution in [0.15, 0.2) is 24.3 Å². The average Bonchev–Trinajstić information content (AvgIpc) is 2.82. The van der Waals surface area contributed by atoms with Crippen molar-refractivity contribution >= 4 is 17.4 Å². The van der Waals surface area contributed by atoms with Gasteiger partial charge in [0.1, 0.15) is 0 Å². The van der Waals surface area contributed by atoms with Gasteiger partial charge in [0.05, 0.1) is 0 Å². The molecule has 1 N–H and O–H groups in total. The van der Waals surface area contributed by atoms with Crippen molar-refractivity contribution in [2.24, 2.45) is 0 Å². The zero-order valence-corrected chi connectivity index (χ0v) is 11.0. The molecule has 1 nitrogen and oxygen atoms in total. The fraction of sp³-hybridized carbons (Fsp3) is 0.571. The highest BCUT2D eigenvalue weighted by Gasteiger charge is 2.14. The maximum Gasteiger partial charge on any atom is 0.0359 e. The highest BCUT2D eigenvalue weighted by Crippen LogP contribution is 2.24. The Morgan fingerprint density at radius 3 is 2.69 bits per heavy atom. The van der Waals surface area contributed by atoms with Crippen molar-refractivity contribution in [2.45, 2.75) is 38.6 Å². The van der Waals surface area contributed by atoms with E-state index in [9.17, 15) is 0 Å². The Morgan fingerprint density at radius 2 is 2.12 bits per heavy atom. The zero-order valence-electron chi connectivity index (χ0n) is 10.2. The molecule has 0 aromatic heterocycles. The summed E-state index contributed by atoms with van der Waals surface area (Å²) in [6.07, 6.45) is 2.52. The van der Waals surface area contributed by atoms with Crippen LogP contribution in [0.5, 0.6) is 0 Å². The first-order valence-corrected chi connectivity index (χ1v) is 7.39. The van der Waals surface area contributed by atoms with E-state index in [1.54, 1.807) is 0 Å². The third kappa shape index (κ3) is 2.94. The lowest BCUT2D eigenvalue weighted by Gasteiger charge is -2.14. The molecule has 1 aliphatic heterocycles. The van der Waals surface area contributed by atoms with E-state index in [-0.39, 0.29) is 0 Å². The van der Waals surface area contributed by atoms with E-state index in [1.165, 1.54) is 35.6 Å². The Morgan fingerprint density at radius 1 is 1.38 bits per heavy atom. The SMILES string of the molecule is CCC(C)c1ccc(NC2CCSC2)cc1. The van der Waals surface area contributed by atoms with Gasteiger partial charge in [-0.2, -0.15) is 11.8 Å².